The quantitative estimate of drug-likeness (QED) is 0.633. The highest BCUT2D eigenvalue weighted by Gasteiger charge is 2.51. The molecule has 0 amide bonds. The maximum atomic E-state index is 2.68. The zero-order valence-electron chi connectivity index (χ0n) is 9.56. The van der Waals surface area contributed by atoms with Crippen LogP contribution >= 0.6 is 0 Å². The van der Waals surface area contributed by atoms with Crippen LogP contribution in [0.2, 0.25) is 0 Å². The first-order valence-corrected chi connectivity index (χ1v) is 5.71. The zero-order valence-corrected chi connectivity index (χ0v) is 9.56. The van der Waals surface area contributed by atoms with Crippen molar-refractivity contribution in [2.75, 3.05) is 13.1 Å². The van der Waals surface area contributed by atoms with E-state index in [-0.39, 0.29) is 0 Å². The second-order valence-electron chi connectivity index (χ2n) is 6.02. The van der Waals surface area contributed by atoms with Crippen LogP contribution in [0.25, 0.3) is 0 Å². The lowest BCUT2D eigenvalue weighted by atomic mass is 9.62. The van der Waals surface area contributed by atoms with E-state index in [4.69, 9.17) is 0 Å². The first kappa shape index (κ1) is 9.51. The van der Waals surface area contributed by atoms with E-state index in [1.807, 2.05) is 0 Å². The maximum Gasteiger partial charge on any atom is 0.0176 e. The van der Waals surface area contributed by atoms with E-state index in [2.05, 4.69) is 32.6 Å². The van der Waals surface area contributed by atoms with Crippen molar-refractivity contribution in [1.82, 2.24) is 4.90 Å². The van der Waals surface area contributed by atoms with E-state index >= 15 is 0 Å². The summed E-state index contributed by atoms with van der Waals surface area (Å²) in [6.07, 6.45) is 4.48. The van der Waals surface area contributed by atoms with E-state index in [0.717, 1.165) is 11.3 Å². The van der Waals surface area contributed by atoms with Gasteiger partial charge in [-0.25, -0.2) is 0 Å². The number of nitrogens with zero attached hydrogens (tertiary/aromatic N) is 1. The molecule has 1 saturated carbocycles. The summed E-state index contributed by atoms with van der Waals surface area (Å²) >= 11 is 0. The summed E-state index contributed by atoms with van der Waals surface area (Å²) in [5.74, 6) is 0.768. The van der Waals surface area contributed by atoms with Crippen molar-refractivity contribution in [3.63, 3.8) is 0 Å². The number of hydrogen-bond acceptors (Lipinski definition) is 1. The first-order valence-electron chi connectivity index (χ1n) is 5.71. The minimum atomic E-state index is 0.418. The Bertz CT molecular complexity index is 193. The van der Waals surface area contributed by atoms with Crippen LogP contribution in [0.1, 0.15) is 47.0 Å². The van der Waals surface area contributed by atoms with Crippen molar-refractivity contribution in [2.45, 2.75) is 52.5 Å². The highest BCUT2D eigenvalue weighted by Crippen LogP contribution is 2.51. The van der Waals surface area contributed by atoms with Crippen LogP contribution in [-0.2, 0) is 0 Å². The minimum absolute atomic E-state index is 0.418. The Kier molecular flexibility index (Phi) is 1.99. The standard InChI is InChI=1S/C12H23N/c1-10(2)11(3,4)13-8-12(9-13)6-5-7-12/h10H,5-9H2,1-4H3. The summed E-state index contributed by atoms with van der Waals surface area (Å²) in [7, 11) is 0. The van der Waals surface area contributed by atoms with E-state index < -0.39 is 0 Å². The van der Waals surface area contributed by atoms with Gasteiger partial charge in [0.2, 0.25) is 0 Å². The molecule has 2 fully saturated rings. The lowest BCUT2D eigenvalue weighted by Crippen LogP contribution is -2.67. The average molecular weight is 181 g/mol. The number of rotatable bonds is 2. The third-order valence-electron chi connectivity index (χ3n) is 4.69. The molecule has 0 radical (unpaired) electrons. The SMILES string of the molecule is CC(C)C(C)(C)N1CC2(CCC2)C1. The summed E-state index contributed by atoms with van der Waals surface area (Å²) in [6, 6.07) is 0. The van der Waals surface area contributed by atoms with Gasteiger partial charge < -0.3 is 0 Å². The maximum absolute atomic E-state index is 2.68. The molecule has 0 aromatic carbocycles. The molecule has 1 aliphatic carbocycles. The Hall–Kier alpha value is -0.0400. The molecule has 13 heavy (non-hydrogen) atoms. The summed E-state index contributed by atoms with van der Waals surface area (Å²) in [4.78, 5) is 2.68. The highest BCUT2D eigenvalue weighted by molar-refractivity contribution is 5.05. The summed E-state index contributed by atoms with van der Waals surface area (Å²) in [6.45, 7) is 12.2. The summed E-state index contributed by atoms with van der Waals surface area (Å²) in [5, 5.41) is 0. The van der Waals surface area contributed by atoms with Crippen LogP contribution in [0.4, 0.5) is 0 Å². The second-order valence-corrected chi connectivity index (χ2v) is 6.02. The molecule has 1 nitrogen and oxygen atoms in total. The normalized spacial score (nSPS) is 27.5. The largest absolute Gasteiger partial charge is 0.297 e. The molecule has 1 aliphatic heterocycles. The Labute approximate surface area is 82.5 Å². The first-order chi connectivity index (χ1) is 5.96. The second kappa shape index (κ2) is 2.73. The van der Waals surface area contributed by atoms with Crippen molar-refractivity contribution in [1.29, 1.82) is 0 Å². The van der Waals surface area contributed by atoms with E-state index in [1.54, 1.807) is 0 Å². The van der Waals surface area contributed by atoms with Crippen molar-refractivity contribution in [3.05, 3.63) is 0 Å². The molecular formula is C12H23N. The molecule has 2 rings (SSSR count). The molecule has 1 heterocycles. The topological polar surface area (TPSA) is 3.24 Å². The average Bonchev–Trinajstić information content (AvgIpc) is 1.78. The van der Waals surface area contributed by atoms with Gasteiger partial charge in [-0.15, -0.1) is 0 Å². The molecular weight excluding hydrogens is 158 g/mol. The molecule has 0 N–H and O–H groups in total. The van der Waals surface area contributed by atoms with Gasteiger partial charge in [-0.2, -0.15) is 0 Å². The van der Waals surface area contributed by atoms with Crippen LogP contribution < -0.4 is 0 Å². The van der Waals surface area contributed by atoms with Gasteiger partial charge in [0.05, 0.1) is 0 Å². The predicted octanol–water partition coefficient (Wildman–Crippen LogP) is 2.91. The Morgan fingerprint density at radius 2 is 1.69 bits per heavy atom. The van der Waals surface area contributed by atoms with E-state index in [0.29, 0.717) is 5.54 Å². The van der Waals surface area contributed by atoms with E-state index in [9.17, 15) is 0 Å². The van der Waals surface area contributed by atoms with Gasteiger partial charge >= 0.3 is 0 Å². The monoisotopic (exact) mass is 181 g/mol. The van der Waals surface area contributed by atoms with Gasteiger partial charge in [0, 0.05) is 18.6 Å². The van der Waals surface area contributed by atoms with Gasteiger partial charge in [-0.05, 0) is 38.0 Å². The molecule has 1 saturated heterocycles. The molecule has 0 aromatic rings. The van der Waals surface area contributed by atoms with Crippen molar-refractivity contribution < 1.29 is 0 Å². The Morgan fingerprint density at radius 1 is 1.15 bits per heavy atom. The molecule has 0 atom stereocenters. The van der Waals surface area contributed by atoms with Gasteiger partial charge in [0.15, 0.2) is 0 Å². The van der Waals surface area contributed by atoms with Crippen molar-refractivity contribution in [3.8, 4) is 0 Å². The van der Waals surface area contributed by atoms with E-state index in [1.165, 1.54) is 32.4 Å². The Morgan fingerprint density at radius 3 is 2.00 bits per heavy atom. The number of likely N-dealkylation sites (tertiary alicyclic amines) is 1. The van der Waals surface area contributed by atoms with Crippen LogP contribution in [0.5, 0.6) is 0 Å². The molecule has 0 aromatic heterocycles. The van der Waals surface area contributed by atoms with Crippen LogP contribution in [-0.4, -0.2) is 23.5 Å². The van der Waals surface area contributed by atoms with Gasteiger partial charge in [0.25, 0.3) is 0 Å². The van der Waals surface area contributed by atoms with Gasteiger partial charge in [-0.3, -0.25) is 4.90 Å². The van der Waals surface area contributed by atoms with Gasteiger partial charge in [-0.1, -0.05) is 20.3 Å². The summed E-state index contributed by atoms with van der Waals surface area (Å²) < 4.78 is 0. The fraction of sp³-hybridized carbons (Fsp3) is 1.00. The van der Waals surface area contributed by atoms with Gasteiger partial charge in [0.1, 0.15) is 0 Å². The smallest absolute Gasteiger partial charge is 0.0176 e. The molecule has 1 heteroatoms. The third-order valence-corrected chi connectivity index (χ3v) is 4.69. The predicted molar refractivity (Wildman–Crippen MR) is 56.8 cm³/mol. The Balaban J connectivity index is 1.91. The lowest BCUT2D eigenvalue weighted by molar-refractivity contribution is -0.121. The molecule has 2 aliphatic rings. The van der Waals surface area contributed by atoms with Crippen molar-refractivity contribution in [2.24, 2.45) is 11.3 Å². The highest BCUT2D eigenvalue weighted by atomic mass is 15.3. The summed E-state index contributed by atoms with van der Waals surface area (Å²) in [5.41, 5.74) is 1.20. The third kappa shape index (κ3) is 1.32. The molecule has 76 valence electrons. The van der Waals surface area contributed by atoms with Crippen LogP contribution in [0.15, 0.2) is 0 Å². The minimum Gasteiger partial charge on any atom is -0.297 e. The van der Waals surface area contributed by atoms with Crippen LogP contribution in [0.3, 0.4) is 0 Å². The lowest BCUT2D eigenvalue weighted by Gasteiger charge is -2.62. The fourth-order valence-electron chi connectivity index (χ4n) is 2.53. The fourth-order valence-corrected chi connectivity index (χ4v) is 2.53. The number of hydrogen-bond donors (Lipinski definition) is 0. The zero-order chi connectivity index (χ0) is 9.69. The molecule has 0 unspecified atom stereocenters. The molecule has 0 bridgehead atoms. The van der Waals surface area contributed by atoms with Crippen LogP contribution in [0, 0.1) is 11.3 Å². The molecule has 1 spiro atoms. The van der Waals surface area contributed by atoms with Crippen molar-refractivity contribution >= 4 is 0 Å².